The van der Waals surface area contributed by atoms with Crippen LogP contribution in [0, 0.1) is 0 Å². The quantitative estimate of drug-likeness (QED) is 0.151. The van der Waals surface area contributed by atoms with E-state index in [1.165, 1.54) is 33.4 Å². The van der Waals surface area contributed by atoms with E-state index < -0.39 is 0 Å². The Balaban J connectivity index is 0.943. The average molecular weight is 869 g/mol. The van der Waals surface area contributed by atoms with E-state index in [0.717, 1.165) is 78.7 Å². The highest BCUT2D eigenvalue weighted by Gasteiger charge is 2.41. The highest BCUT2D eigenvalue weighted by molar-refractivity contribution is 5.85. The van der Waals surface area contributed by atoms with Crippen molar-refractivity contribution >= 4 is 0 Å². The summed E-state index contributed by atoms with van der Waals surface area (Å²) in [6, 6.07) is 76.4. The minimum Gasteiger partial charge on any atom is -0.256 e. The fraction of sp³-hybridized carbons (Fsp3) is 0.0323. The lowest BCUT2D eigenvalue weighted by molar-refractivity contribution is 0.754. The van der Waals surface area contributed by atoms with Crippen molar-refractivity contribution in [2.75, 3.05) is 0 Å². The van der Waals surface area contributed by atoms with Gasteiger partial charge in [-0.05, 0) is 81.9 Å². The molecule has 0 fully saturated rings. The number of pyridine rings is 2. The molecule has 4 aromatic heterocycles. The molecule has 14 rings (SSSR count). The minimum absolute atomic E-state index is 0.0224. The minimum atomic E-state index is 0.0224. The smallest absolute Gasteiger partial charge is 0.160 e. The van der Waals surface area contributed by atoms with Crippen LogP contribution in [0.4, 0.5) is 0 Å². The first-order valence-electron chi connectivity index (χ1n) is 23.0. The largest absolute Gasteiger partial charge is 0.256 e. The molecule has 3 aliphatic rings. The van der Waals surface area contributed by atoms with Crippen LogP contribution < -0.4 is 0 Å². The van der Waals surface area contributed by atoms with Gasteiger partial charge in [0, 0.05) is 68.7 Å². The van der Waals surface area contributed by atoms with Crippen molar-refractivity contribution in [3.05, 3.63) is 264 Å². The molecule has 4 heterocycles. The molecule has 7 aromatic carbocycles. The molecule has 3 aliphatic carbocycles. The molecular formula is C62H40N6. The van der Waals surface area contributed by atoms with Crippen molar-refractivity contribution < 1.29 is 0 Å². The van der Waals surface area contributed by atoms with Crippen LogP contribution in [0.2, 0.25) is 0 Å². The number of benzene rings is 7. The summed E-state index contributed by atoms with van der Waals surface area (Å²) in [5.74, 6) is 1.41. The summed E-state index contributed by atoms with van der Waals surface area (Å²) in [4.78, 5) is 30.7. The van der Waals surface area contributed by atoms with Crippen molar-refractivity contribution in [2.45, 2.75) is 11.8 Å². The molecule has 6 nitrogen and oxygen atoms in total. The van der Waals surface area contributed by atoms with Gasteiger partial charge in [0.1, 0.15) is 0 Å². The summed E-state index contributed by atoms with van der Waals surface area (Å²) in [6.45, 7) is 0. The topological polar surface area (TPSA) is 77.3 Å². The fourth-order valence-electron chi connectivity index (χ4n) is 10.3. The standard InChI is InChI=1S/C62H40N6/c1-3-17-39(18-4-1)55-37-57(45-23-9-7-21-43(45)53-27-13-15-33-63-53)67-61(65-55)41-29-31-49-51(35-41)59-47-25-11-12-26-48(47)60(49)52-36-42(30-32-50(52)59)62-66-56(40-19-5-2-6-20-40)38-58(68-62)46-24-10-8-22-44(46)54-28-14-16-34-64-54/h1-38,59-60H. The Bertz CT molecular complexity index is 3440. The summed E-state index contributed by atoms with van der Waals surface area (Å²) in [7, 11) is 0. The second-order valence-electron chi connectivity index (χ2n) is 17.4. The van der Waals surface area contributed by atoms with Crippen LogP contribution in [0.3, 0.4) is 0 Å². The lowest BCUT2D eigenvalue weighted by Gasteiger charge is -2.42. The number of hydrogen-bond acceptors (Lipinski definition) is 6. The van der Waals surface area contributed by atoms with Crippen molar-refractivity contribution in [1.82, 2.24) is 29.9 Å². The number of nitrogens with zero attached hydrogens (tertiary/aromatic N) is 6. The second-order valence-corrected chi connectivity index (χ2v) is 17.4. The summed E-state index contributed by atoms with van der Waals surface area (Å²) in [5, 5.41) is 0. The fourth-order valence-corrected chi connectivity index (χ4v) is 10.3. The van der Waals surface area contributed by atoms with Gasteiger partial charge in [-0.15, -0.1) is 0 Å². The first kappa shape index (κ1) is 39.4. The van der Waals surface area contributed by atoms with Gasteiger partial charge in [-0.25, -0.2) is 19.9 Å². The Hall–Kier alpha value is -9.00. The monoisotopic (exact) mass is 868 g/mol. The second kappa shape index (κ2) is 16.5. The predicted molar refractivity (Wildman–Crippen MR) is 271 cm³/mol. The van der Waals surface area contributed by atoms with Crippen molar-refractivity contribution in [1.29, 1.82) is 0 Å². The molecule has 11 aromatic rings. The number of aromatic nitrogens is 6. The van der Waals surface area contributed by atoms with Gasteiger partial charge in [-0.2, -0.15) is 0 Å². The molecule has 2 atom stereocenters. The lowest BCUT2D eigenvalue weighted by atomic mass is 9.61. The Labute approximate surface area is 394 Å². The molecular weight excluding hydrogens is 829 g/mol. The molecule has 0 amide bonds. The molecule has 0 N–H and O–H groups in total. The number of hydrogen-bond donors (Lipinski definition) is 0. The van der Waals surface area contributed by atoms with Crippen LogP contribution in [0.1, 0.15) is 45.2 Å². The van der Waals surface area contributed by atoms with Gasteiger partial charge in [0.2, 0.25) is 0 Å². The lowest BCUT2D eigenvalue weighted by Crippen LogP contribution is -2.27. The van der Waals surface area contributed by atoms with Gasteiger partial charge in [-0.1, -0.05) is 170 Å². The van der Waals surface area contributed by atoms with Crippen LogP contribution in [0.15, 0.2) is 231 Å². The van der Waals surface area contributed by atoms with Gasteiger partial charge >= 0.3 is 0 Å². The van der Waals surface area contributed by atoms with Crippen LogP contribution in [-0.2, 0) is 0 Å². The Morgan fingerprint density at radius 3 is 1.00 bits per heavy atom. The Morgan fingerprint density at radius 1 is 0.235 bits per heavy atom. The van der Waals surface area contributed by atoms with E-state index in [0.29, 0.717) is 11.6 Å². The summed E-state index contributed by atoms with van der Waals surface area (Å²) in [6.07, 6.45) is 3.67. The van der Waals surface area contributed by atoms with Crippen molar-refractivity contribution in [3.63, 3.8) is 0 Å². The Morgan fingerprint density at radius 2 is 0.588 bits per heavy atom. The zero-order valence-electron chi connectivity index (χ0n) is 36.8. The highest BCUT2D eigenvalue weighted by atomic mass is 14.9. The molecule has 2 unspecified atom stereocenters. The van der Waals surface area contributed by atoms with Crippen LogP contribution in [-0.4, -0.2) is 29.9 Å². The van der Waals surface area contributed by atoms with Crippen molar-refractivity contribution in [3.8, 4) is 90.3 Å². The van der Waals surface area contributed by atoms with Crippen LogP contribution in [0.25, 0.3) is 90.3 Å². The molecule has 318 valence electrons. The normalized spacial score (nSPS) is 14.2. The van der Waals surface area contributed by atoms with E-state index in [1.54, 1.807) is 0 Å². The zero-order chi connectivity index (χ0) is 45.0. The maximum atomic E-state index is 5.35. The average Bonchev–Trinajstić information content (AvgIpc) is 3.43. The van der Waals surface area contributed by atoms with Gasteiger partial charge in [-0.3, -0.25) is 9.97 Å². The summed E-state index contributed by atoms with van der Waals surface area (Å²) < 4.78 is 0. The van der Waals surface area contributed by atoms with E-state index >= 15 is 0 Å². The molecule has 6 heteroatoms. The van der Waals surface area contributed by atoms with Gasteiger partial charge in [0.25, 0.3) is 0 Å². The molecule has 0 aliphatic heterocycles. The third-order valence-corrected chi connectivity index (χ3v) is 13.4. The van der Waals surface area contributed by atoms with Crippen LogP contribution >= 0.6 is 0 Å². The maximum absolute atomic E-state index is 5.35. The highest BCUT2D eigenvalue weighted by Crippen LogP contribution is 2.56. The first-order chi connectivity index (χ1) is 33.7. The molecule has 0 radical (unpaired) electrons. The van der Waals surface area contributed by atoms with E-state index in [2.05, 4.69) is 170 Å². The van der Waals surface area contributed by atoms with Gasteiger partial charge in [0.15, 0.2) is 11.6 Å². The Kier molecular flexibility index (Phi) is 9.53. The molecule has 0 saturated carbocycles. The van der Waals surface area contributed by atoms with Crippen LogP contribution in [0.5, 0.6) is 0 Å². The zero-order valence-corrected chi connectivity index (χ0v) is 36.8. The van der Waals surface area contributed by atoms with E-state index in [4.69, 9.17) is 29.9 Å². The summed E-state index contributed by atoms with van der Waals surface area (Å²) in [5.41, 5.74) is 21.1. The van der Waals surface area contributed by atoms with Gasteiger partial charge < -0.3 is 0 Å². The maximum Gasteiger partial charge on any atom is 0.160 e. The SMILES string of the molecule is c1ccc(-c2cc(-c3ccccc3-c3ccccn3)nc(-c3ccc4c(c3)C3c5ccccc5C4c4cc(-c5nc(-c6ccccc6)cc(-c6ccccc6-c6ccccn6)n5)ccc43)n2)cc1. The third kappa shape index (κ3) is 6.81. The third-order valence-electron chi connectivity index (χ3n) is 13.4. The van der Waals surface area contributed by atoms with E-state index in [1.807, 2.05) is 60.9 Å². The molecule has 0 spiro atoms. The predicted octanol–water partition coefficient (Wildman–Crippen LogP) is 14.4. The first-order valence-corrected chi connectivity index (χ1v) is 23.0. The van der Waals surface area contributed by atoms with E-state index in [9.17, 15) is 0 Å². The molecule has 68 heavy (non-hydrogen) atoms. The summed E-state index contributed by atoms with van der Waals surface area (Å²) >= 11 is 0. The number of rotatable bonds is 8. The van der Waals surface area contributed by atoms with E-state index in [-0.39, 0.29) is 11.8 Å². The van der Waals surface area contributed by atoms with Crippen molar-refractivity contribution in [2.24, 2.45) is 0 Å². The molecule has 2 bridgehead atoms. The van der Waals surface area contributed by atoms with Gasteiger partial charge in [0.05, 0.1) is 34.2 Å². The molecule has 0 saturated heterocycles.